The summed E-state index contributed by atoms with van der Waals surface area (Å²) in [5.41, 5.74) is 5.74. The Labute approximate surface area is 334 Å². The average molecular weight is 778 g/mol. The molecule has 0 aliphatic carbocycles. The smallest absolute Gasteiger partial charge is 0.251 e. The fraction of sp³-hybridized carbons (Fsp3) is 0.341. The van der Waals surface area contributed by atoms with Gasteiger partial charge in [-0.2, -0.15) is 0 Å². The van der Waals surface area contributed by atoms with Gasteiger partial charge in [0.2, 0.25) is 0 Å². The Morgan fingerprint density at radius 2 is 1.57 bits per heavy atom. The quantitative estimate of drug-likeness (QED) is 0.0846. The first-order valence-corrected chi connectivity index (χ1v) is 19.3. The number of aromatic hydroxyl groups is 1. The third kappa shape index (κ3) is 10.6. The normalized spacial score (nSPS) is 15.2. The molecule has 12 heteroatoms. The first kappa shape index (κ1) is 40.6. The number of benzene rings is 4. The van der Waals surface area contributed by atoms with Crippen LogP contribution in [0.25, 0.3) is 33.1 Å². The zero-order chi connectivity index (χ0) is 37.8. The number of hydrogen-bond donors (Lipinski definition) is 5. The molecule has 2 fully saturated rings. The van der Waals surface area contributed by atoms with Gasteiger partial charge in [0.1, 0.15) is 18.7 Å². The predicted molar refractivity (Wildman–Crippen MR) is 224 cm³/mol. The molecule has 0 atom stereocenters. The largest absolute Gasteiger partial charge is 0.494 e. The zero-order valence-corrected chi connectivity index (χ0v) is 32.7. The number of rotatable bonds is 12. The van der Waals surface area contributed by atoms with E-state index in [2.05, 4.69) is 90.4 Å². The van der Waals surface area contributed by atoms with Crippen molar-refractivity contribution in [2.45, 2.75) is 50.9 Å². The van der Waals surface area contributed by atoms with Crippen molar-refractivity contribution in [2.75, 3.05) is 46.5 Å². The van der Waals surface area contributed by atoms with Crippen molar-refractivity contribution >= 4 is 40.1 Å². The molecule has 0 radical (unpaired) electrons. The van der Waals surface area contributed by atoms with Crippen LogP contribution in [-0.2, 0) is 17.8 Å². The van der Waals surface area contributed by atoms with Crippen LogP contribution in [0.5, 0.6) is 11.6 Å². The molecular formula is C44H52ClN7O4. The molecule has 4 aromatic carbocycles. The Morgan fingerprint density at radius 1 is 0.839 bits per heavy atom. The molecule has 2 saturated heterocycles. The third-order valence-electron chi connectivity index (χ3n) is 10.4. The summed E-state index contributed by atoms with van der Waals surface area (Å²) in [6.45, 7) is 7.05. The topological polar surface area (TPSA) is 137 Å². The van der Waals surface area contributed by atoms with Crippen molar-refractivity contribution in [3.63, 3.8) is 0 Å². The molecule has 2 aliphatic rings. The second-order valence-corrected chi connectivity index (χ2v) is 14.3. The summed E-state index contributed by atoms with van der Waals surface area (Å²) in [4.78, 5) is 27.7. The van der Waals surface area contributed by atoms with Gasteiger partial charge in [0.05, 0.1) is 23.4 Å². The number of H-pyrrole nitrogens is 1. The lowest BCUT2D eigenvalue weighted by atomic mass is 10.0. The van der Waals surface area contributed by atoms with Gasteiger partial charge in [0.25, 0.3) is 5.91 Å². The van der Waals surface area contributed by atoms with Crippen LogP contribution in [-0.4, -0.2) is 89.5 Å². The van der Waals surface area contributed by atoms with Gasteiger partial charge in [-0.3, -0.25) is 9.69 Å². The molecule has 0 bridgehead atoms. The maximum absolute atomic E-state index is 13.3. The van der Waals surface area contributed by atoms with Crippen molar-refractivity contribution in [1.29, 1.82) is 0 Å². The SMILES string of the molecule is COCCOc1ccc2c(-c3c(O)[nH]c4ccc(C(=O)NC5CCN(Cc6ccccc6)CC5)cc34)ncnc2c1.Cl.c1ccc(CNC2CCNCC2)cc1. The lowest BCUT2D eigenvalue weighted by molar-refractivity contribution is 0.0909. The summed E-state index contributed by atoms with van der Waals surface area (Å²) in [5.74, 6) is 0.543. The molecule has 5 N–H and O–H groups in total. The number of carbonyl (C=O) groups excluding carboxylic acids is 1. The Morgan fingerprint density at radius 3 is 2.30 bits per heavy atom. The minimum Gasteiger partial charge on any atom is -0.494 e. The molecule has 0 saturated carbocycles. The van der Waals surface area contributed by atoms with Gasteiger partial charge in [0.15, 0.2) is 5.88 Å². The highest BCUT2D eigenvalue weighted by atomic mass is 35.5. The zero-order valence-electron chi connectivity index (χ0n) is 31.9. The van der Waals surface area contributed by atoms with Crippen LogP contribution >= 0.6 is 12.4 Å². The highest BCUT2D eigenvalue weighted by Crippen LogP contribution is 2.39. The molecule has 4 heterocycles. The first-order valence-electron chi connectivity index (χ1n) is 19.3. The Hall–Kier alpha value is -5.04. The number of halogens is 1. The van der Waals surface area contributed by atoms with E-state index in [-0.39, 0.29) is 30.2 Å². The van der Waals surface area contributed by atoms with E-state index in [0.717, 1.165) is 63.0 Å². The number of ether oxygens (including phenoxy) is 2. The molecular weight excluding hydrogens is 726 g/mol. The van der Waals surface area contributed by atoms with Crippen LogP contribution < -0.4 is 20.7 Å². The van der Waals surface area contributed by atoms with E-state index >= 15 is 0 Å². The monoisotopic (exact) mass is 777 g/mol. The lowest BCUT2D eigenvalue weighted by Gasteiger charge is -2.32. The Balaban J connectivity index is 0.000000298. The van der Waals surface area contributed by atoms with Gasteiger partial charge in [-0.25, -0.2) is 9.97 Å². The minimum atomic E-state index is -0.120. The van der Waals surface area contributed by atoms with Crippen molar-refractivity contribution in [3.05, 3.63) is 120 Å². The van der Waals surface area contributed by atoms with Crippen molar-refractivity contribution in [2.24, 2.45) is 0 Å². The summed E-state index contributed by atoms with van der Waals surface area (Å²) in [6.07, 6.45) is 5.79. The van der Waals surface area contributed by atoms with E-state index in [1.165, 1.54) is 30.3 Å². The molecule has 56 heavy (non-hydrogen) atoms. The van der Waals surface area contributed by atoms with Crippen molar-refractivity contribution in [3.8, 4) is 22.9 Å². The Kier molecular flexibility index (Phi) is 14.7. The number of nitrogens with one attached hydrogen (secondary N) is 4. The van der Waals surface area contributed by atoms with Crippen LogP contribution in [0.15, 0.2) is 103 Å². The van der Waals surface area contributed by atoms with Gasteiger partial charge < -0.3 is 35.5 Å². The fourth-order valence-corrected chi connectivity index (χ4v) is 7.36. The number of carbonyl (C=O) groups is 1. The van der Waals surface area contributed by atoms with Gasteiger partial charge in [-0.05, 0) is 80.2 Å². The molecule has 0 spiro atoms. The van der Waals surface area contributed by atoms with Crippen LogP contribution in [0, 0.1) is 0 Å². The standard InChI is InChI=1S/C32H33N5O4.C12H18N2.ClH/c1-40-15-16-41-24-8-9-25-28(18-24)33-20-34-30(25)29-26-17-22(7-10-27(26)36-32(29)39)31(38)35-23-11-13-37(14-12-23)19-21-5-3-2-4-6-21;1-2-4-11(5-3-1)10-14-12-6-8-13-9-7-12;/h2-10,17-18,20,23,36,39H,11-16,19H2,1H3,(H,35,38);1-5,12-14H,6-10H2;1H. The maximum atomic E-state index is 13.3. The number of methoxy groups -OCH3 is 1. The molecule has 11 nitrogen and oxygen atoms in total. The van der Waals surface area contributed by atoms with E-state index in [1.807, 2.05) is 36.4 Å². The van der Waals surface area contributed by atoms with Crippen molar-refractivity contribution < 1.29 is 19.4 Å². The highest BCUT2D eigenvalue weighted by Gasteiger charge is 2.23. The van der Waals surface area contributed by atoms with Crippen LogP contribution in [0.3, 0.4) is 0 Å². The van der Waals surface area contributed by atoms with Gasteiger partial charge in [-0.1, -0.05) is 60.7 Å². The molecule has 8 rings (SSSR count). The molecule has 6 aromatic rings. The summed E-state index contributed by atoms with van der Waals surface area (Å²) in [5, 5.41) is 22.6. The third-order valence-corrected chi connectivity index (χ3v) is 10.4. The predicted octanol–water partition coefficient (Wildman–Crippen LogP) is 6.85. The fourth-order valence-electron chi connectivity index (χ4n) is 7.36. The maximum Gasteiger partial charge on any atom is 0.251 e. The molecule has 2 aliphatic heterocycles. The van der Waals surface area contributed by atoms with Gasteiger partial charge >= 0.3 is 0 Å². The molecule has 294 valence electrons. The number of piperidine rings is 2. The van der Waals surface area contributed by atoms with E-state index in [9.17, 15) is 9.90 Å². The van der Waals surface area contributed by atoms with E-state index < -0.39 is 0 Å². The number of hydrogen-bond acceptors (Lipinski definition) is 9. The lowest BCUT2D eigenvalue weighted by Crippen LogP contribution is -2.44. The Bertz CT molecular complexity index is 2140. The van der Waals surface area contributed by atoms with E-state index in [1.54, 1.807) is 13.2 Å². The average Bonchev–Trinajstić information content (AvgIpc) is 3.56. The van der Waals surface area contributed by atoms with Crippen molar-refractivity contribution in [1.82, 2.24) is 35.8 Å². The summed E-state index contributed by atoms with van der Waals surface area (Å²) in [6, 6.07) is 32.9. The summed E-state index contributed by atoms with van der Waals surface area (Å²) in [7, 11) is 1.63. The van der Waals surface area contributed by atoms with Crippen LogP contribution in [0.4, 0.5) is 0 Å². The summed E-state index contributed by atoms with van der Waals surface area (Å²) >= 11 is 0. The molecule has 1 amide bonds. The number of nitrogens with zero attached hydrogens (tertiary/aromatic N) is 3. The minimum absolute atomic E-state index is 0. The second-order valence-electron chi connectivity index (χ2n) is 14.3. The highest BCUT2D eigenvalue weighted by molar-refractivity contribution is 6.08. The van der Waals surface area contributed by atoms with Gasteiger partial charge in [0, 0.05) is 73.3 Å². The number of fused-ring (bicyclic) bond motifs is 2. The summed E-state index contributed by atoms with van der Waals surface area (Å²) < 4.78 is 10.8. The molecule has 2 aromatic heterocycles. The van der Waals surface area contributed by atoms with E-state index in [0.29, 0.717) is 52.7 Å². The van der Waals surface area contributed by atoms with Crippen LogP contribution in [0.2, 0.25) is 0 Å². The molecule has 0 unspecified atom stereocenters. The first-order chi connectivity index (χ1) is 27.0. The van der Waals surface area contributed by atoms with Gasteiger partial charge in [-0.15, -0.1) is 12.4 Å². The number of aromatic nitrogens is 3. The number of aromatic amines is 1. The number of likely N-dealkylation sites (tertiary alicyclic amines) is 1. The van der Waals surface area contributed by atoms with E-state index in [4.69, 9.17) is 9.47 Å². The second kappa shape index (κ2) is 20.2. The van der Waals surface area contributed by atoms with Crippen LogP contribution in [0.1, 0.15) is 47.2 Å². The number of amides is 1.